The third-order valence-electron chi connectivity index (χ3n) is 11.4. The summed E-state index contributed by atoms with van der Waals surface area (Å²) in [6.07, 6.45) is 28.3. The molecule has 2 atom stereocenters. The van der Waals surface area contributed by atoms with Crippen molar-refractivity contribution in [1.82, 2.24) is 4.90 Å². The third-order valence-corrected chi connectivity index (χ3v) is 11.4. The molecule has 1 fully saturated rings. The number of carbonyl (C=O) groups excluding carboxylic acids is 4. The van der Waals surface area contributed by atoms with Crippen molar-refractivity contribution in [3.8, 4) is 0 Å². The van der Waals surface area contributed by atoms with Gasteiger partial charge in [0, 0.05) is 44.9 Å². The molecule has 0 bridgehead atoms. The fraction of sp³-hybridized carbons (Fsp3) is 0.843. The Balaban J connectivity index is 2.62. The predicted molar refractivity (Wildman–Crippen MR) is 250 cm³/mol. The van der Waals surface area contributed by atoms with Gasteiger partial charge in [-0.25, -0.2) is 4.79 Å². The van der Waals surface area contributed by atoms with Gasteiger partial charge in [-0.3, -0.25) is 14.4 Å². The van der Waals surface area contributed by atoms with E-state index in [-0.39, 0.29) is 51.2 Å². The molecule has 12 heteroatoms. The van der Waals surface area contributed by atoms with Gasteiger partial charge >= 0.3 is 24.1 Å². The molecule has 63 heavy (non-hydrogen) atoms. The van der Waals surface area contributed by atoms with Gasteiger partial charge in [-0.2, -0.15) is 0 Å². The first-order valence-electron chi connectivity index (χ1n) is 25.3. The zero-order chi connectivity index (χ0) is 46.0. The lowest BCUT2D eigenvalue weighted by molar-refractivity contribution is -0.161. The molecular weight excluding hydrogens is 803 g/mol. The van der Waals surface area contributed by atoms with Crippen molar-refractivity contribution < 1.29 is 52.3 Å². The summed E-state index contributed by atoms with van der Waals surface area (Å²) in [5, 5.41) is 0. The van der Waals surface area contributed by atoms with E-state index in [4.69, 9.17) is 33.2 Å². The summed E-state index contributed by atoms with van der Waals surface area (Å²) in [5.41, 5.74) is 0. The Kier molecular flexibility index (Phi) is 38.5. The highest BCUT2D eigenvalue weighted by atomic mass is 16.7. The van der Waals surface area contributed by atoms with Crippen molar-refractivity contribution in [3.63, 3.8) is 0 Å². The first-order chi connectivity index (χ1) is 30.7. The van der Waals surface area contributed by atoms with Crippen LogP contribution in [-0.4, -0.2) is 101 Å². The van der Waals surface area contributed by atoms with Crippen molar-refractivity contribution in [1.29, 1.82) is 0 Å². The Hall–Kier alpha value is -2.96. The van der Waals surface area contributed by atoms with Gasteiger partial charge in [0.1, 0.15) is 19.8 Å². The number of hydrogen-bond acceptors (Lipinski definition) is 12. The molecule has 0 aromatic heterocycles. The van der Waals surface area contributed by atoms with Gasteiger partial charge < -0.3 is 38.1 Å². The minimum absolute atomic E-state index is 0.0840. The zero-order valence-electron chi connectivity index (χ0n) is 40.6. The molecule has 0 saturated carbocycles. The summed E-state index contributed by atoms with van der Waals surface area (Å²) >= 11 is 0. The smallest absolute Gasteiger partial charge is 0.466 e. The van der Waals surface area contributed by atoms with Gasteiger partial charge in [-0.15, -0.1) is 0 Å². The van der Waals surface area contributed by atoms with Crippen LogP contribution in [0.15, 0.2) is 24.3 Å². The third kappa shape index (κ3) is 35.0. The average Bonchev–Trinajstić information content (AvgIpc) is 3.29. The molecule has 2 unspecified atom stereocenters. The number of esters is 3. The number of carbonyl (C=O) groups is 4. The summed E-state index contributed by atoms with van der Waals surface area (Å²) in [7, 11) is 0. The van der Waals surface area contributed by atoms with Crippen LogP contribution in [0.4, 0.5) is 4.79 Å². The maximum Gasteiger partial charge on any atom is 0.508 e. The van der Waals surface area contributed by atoms with Crippen molar-refractivity contribution in [2.45, 2.75) is 195 Å². The standard InChI is InChI=1S/C51H91NO11/c1-6-11-15-17-19-24-36-58-50(59-37-25-20-18-16-12-7-2)33-32-49(55)61-42-46(43-63-51(56)62-40-45-29-26-35-52(10-5)39-45)41-60-48(54)31-23-21-22-30-47(53)57-38-34-44(27-13-8-3)28-14-9-4/h11-12,15-16,44-46,50H,6-10,13-14,17-43H2,1-5H3/b15-11-,16-12-. The van der Waals surface area contributed by atoms with E-state index in [0.717, 1.165) is 90.3 Å². The van der Waals surface area contributed by atoms with E-state index in [0.29, 0.717) is 57.8 Å². The number of ether oxygens (including phenoxy) is 7. The Morgan fingerprint density at radius 1 is 0.556 bits per heavy atom. The lowest BCUT2D eigenvalue weighted by Gasteiger charge is -2.31. The number of nitrogens with zero attached hydrogens (tertiary/aromatic N) is 1. The van der Waals surface area contributed by atoms with Gasteiger partial charge in [-0.05, 0) is 102 Å². The lowest BCUT2D eigenvalue weighted by atomic mass is 9.93. The Morgan fingerprint density at radius 3 is 1.70 bits per heavy atom. The van der Waals surface area contributed by atoms with Crippen molar-refractivity contribution in [2.24, 2.45) is 17.8 Å². The van der Waals surface area contributed by atoms with Crippen LogP contribution in [0, 0.1) is 17.8 Å². The van der Waals surface area contributed by atoms with Crippen LogP contribution < -0.4 is 0 Å². The normalized spacial score (nSPS) is 15.1. The van der Waals surface area contributed by atoms with Crippen molar-refractivity contribution in [3.05, 3.63) is 24.3 Å². The molecule has 1 aliphatic heterocycles. The Bertz CT molecular complexity index is 1160. The number of likely N-dealkylation sites (tertiary alicyclic amines) is 1. The molecule has 0 aromatic carbocycles. The van der Waals surface area contributed by atoms with E-state index in [1.807, 2.05) is 0 Å². The number of hydrogen-bond donors (Lipinski definition) is 0. The van der Waals surface area contributed by atoms with Crippen LogP contribution >= 0.6 is 0 Å². The summed E-state index contributed by atoms with van der Waals surface area (Å²) in [6.45, 7) is 15.2. The highest BCUT2D eigenvalue weighted by Gasteiger charge is 2.23. The maximum absolute atomic E-state index is 13.0. The fourth-order valence-electron chi connectivity index (χ4n) is 7.42. The van der Waals surface area contributed by atoms with Gasteiger partial charge in [0.15, 0.2) is 6.29 Å². The molecule has 1 heterocycles. The summed E-state index contributed by atoms with van der Waals surface area (Å²) < 4.78 is 39.7. The number of rotatable bonds is 41. The first kappa shape index (κ1) is 58.1. The van der Waals surface area contributed by atoms with Gasteiger partial charge in [-0.1, -0.05) is 104 Å². The molecule has 0 radical (unpaired) electrons. The van der Waals surface area contributed by atoms with Crippen LogP contribution in [-0.2, 0) is 47.5 Å². The summed E-state index contributed by atoms with van der Waals surface area (Å²) in [5.74, 6) is -0.749. The highest BCUT2D eigenvalue weighted by molar-refractivity contribution is 5.70. The van der Waals surface area contributed by atoms with Crippen LogP contribution in [0.3, 0.4) is 0 Å². The second kappa shape index (κ2) is 41.7. The number of piperidine rings is 1. The monoisotopic (exact) mass is 894 g/mol. The Morgan fingerprint density at radius 2 is 1.13 bits per heavy atom. The summed E-state index contributed by atoms with van der Waals surface area (Å²) in [6, 6.07) is 0. The molecule has 0 N–H and O–H groups in total. The van der Waals surface area contributed by atoms with E-state index in [1.165, 1.54) is 38.5 Å². The Labute approximate surface area is 383 Å². The fourth-order valence-corrected chi connectivity index (χ4v) is 7.42. The van der Waals surface area contributed by atoms with Crippen LogP contribution in [0.25, 0.3) is 0 Å². The van der Waals surface area contributed by atoms with E-state index >= 15 is 0 Å². The SMILES string of the molecule is CC/C=C\CCCCOC(CCC(=O)OCC(COC(=O)CCCCCC(=O)OCCC(CCCC)CCCC)COC(=O)OCC1CCCN(CC)C1)OCCCC/C=C\CC. The van der Waals surface area contributed by atoms with Crippen LogP contribution in [0.1, 0.15) is 189 Å². The van der Waals surface area contributed by atoms with Gasteiger partial charge in [0.25, 0.3) is 0 Å². The van der Waals surface area contributed by atoms with E-state index in [1.54, 1.807) is 0 Å². The second-order valence-corrected chi connectivity index (χ2v) is 17.2. The molecule has 0 aliphatic carbocycles. The minimum atomic E-state index is -0.794. The van der Waals surface area contributed by atoms with Gasteiger partial charge in [0.05, 0.1) is 25.6 Å². The topological polar surface area (TPSA) is 136 Å². The van der Waals surface area contributed by atoms with Crippen LogP contribution in [0.5, 0.6) is 0 Å². The molecule has 12 nitrogen and oxygen atoms in total. The first-order valence-corrected chi connectivity index (χ1v) is 25.3. The highest BCUT2D eigenvalue weighted by Crippen LogP contribution is 2.21. The quantitative estimate of drug-likeness (QED) is 0.0190. The minimum Gasteiger partial charge on any atom is -0.466 e. The molecule has 1 rings (SSSR count). The lowest BCUT2D eigenvalue weighted by Crippen LogP contribution is -2.37. The van der Waals surface area contributed by atoms with Gasteiger partial charge in [0.2, 0.25) is 0 Å². The largest absolute Gasteiger partial charge is 0.508 e. The zero-order valence-corrected chi connectivity index (χ0v) is 40.6. The number of allylic oxidation sites excluding steroid dienone is 4. The van der Waals surface area contributed by atoms with E-state index in [9.17, 15) is 19.2 Å². The van der Waals surface area contributed by atoms with Crippen molar-refractivity contribution >= 4 is 24.1 Å². The molecule has 0 aromatic rings. The van der Waals surface area contributed by atoms with E-state index < -0.39 is 30.3 Å². The molecule has 0 spiro atoms. The molecule has 1 saturated heterocycles. The molecular formula is C51H91NO11. The molecule has 1 aliphatic rings. The van der Waals surface area contributed by atoms with Crippen LogP contribution in [0.2, 0.25) is 0 Å². The predicted octanol–water partition coefficient (Wildman–Crippen LogP) is 11.9. The van der Waals surface area contributed by atoms with Crippen molar-refractivity contribution in [2.75, 3.05) is 65.9 Å². The number of unbranched alkanes of at least 4 members (excludes halogenated alkanes) is 8. The molecule has 0 amide bonds. The second-order valence-electron chi connectivity index (χ2n) is 17.2. The van der Waals surface area contributed by atoms with E-state index in [2.05, 4.69) is 63.8 Å². The molecule has 366 valence electrons. The maximum atomic E-state index is 13.0. The summed E-state index contributed by atoms with van der Waals surface area (Å²) in [4.78, 5) is 53.0. The average molecular weight is 894 g/mol.